The lowest BCUT2D eigenvalue weighted by Gasteiger charge is -2.28. The summed E-state index contributed by atoms with van der Waals surface area (Å²) in [6.07, 6.45) is 0. The summed E-state index contributed by atoms with van der Waals surface area (Å²) in [6.45, 7) is 5.46. The molecule has 0 radical (unpaired) electrons. The Morgan fingerprint density at radius 2 is 1.79 bits per heavy atom. The van der Waals surface area contributed by atoms with Crippen LogP contribution < -0.4 is 10.2 Å². The molecule has 4 rings (SSSR count). The van der Waals surface area contributed by atoms with E-state index in [1.54, 1.807) is 0 Å². The van der Waals surface area contributed by atoms with E-state index < -0.39 is 0 Å². The lowest BCUT2D eigenvalue weighted by atomic mass is 10.0. The number of carbonyl (C=O) groups is 1. The van der Waals surface area contributed by atoms with Crippen LogP contribution in [0.4, 0.5) is 5.82 Å². The van der Waals surface area contributed by atoms with Crippen LogP contribution in [-0.2, 0) is 4.74 Å². The van der Waals surface area contributed by atoms with Crippen molar-refractivity contribution in [1.29, 1.82) is 0 Å². The highest BCUT2D eigenvalue weighted by Gasteiger charge is 2.20. The standard InChI is InChI=1S/C22H24N4O2/c1-16(17-7-3-2-4-8-17)15-23-22(27)20-24-19-10-6-5-9-18(19)21(25-20)26-11-13-28-14-12-26/h2-10,16H,11-15H2,1H3,(H,23,27). The number of hydrogen-bond donors (Lipinski definition) is 1. The van der Waals surface area contributed by atoms with E-state index in [-0.39, 0.29) is 17.6 Å². The number of anilines is 1. The topological polar surface area (TPSA) is 67.4 Å². The van der Waals surface area contributed by atoms with Gasteiger partial charge in [0, 0.05) is 25.0 Å². The highest BCUT2D eigenvalue weighted by molar-refractivity contribution is 5.96. The zero-order chi connectivity index (χ0) is 19.3. The van der Waals surface area contributed by atoms with Crippen molar-refractivity contribution >= 4 is 22.6 Å². The molecule has 0 aliphatic carbocycles. The Bertz CT molecular complexity index is 955. The molecule has 6 heteroatoms. The van der Waals surface area contributed by atoms with E-state index in [4.69, 9.17) is 4.74 Å². The highest BCUT2D eigenvalue weighted by atomic mass is 16.5. The second-order valence-corrected chi connectivity index (χ2v) is 7.01. The minimum absolute atomic E-state index is 0.209. The molecule has 1 aliphatic heterocycles. The van der Waals surface area contributed by atoms with Crippen LogP contribution in [0.25, 0.3) is 10.9 Å². The largest absolute Gasteiger partial charge is 0.378 e. The summed E-state index contributed by atoms with van der Waals surface area (Å²) < 4.78 is 5.45. The number of morpholine rings is 1. The van der Waals surface area contributed by atoms with Crippen LogP contribution in [-0.4, -0.2) is 48.7 Å². The molecule has 2 aromatic carbocycles. The summed E-state index contributed by atoms with van der Waals surface area (Å²) in [5.41, 5.74) is 1.97. The first-order chi connectivity index (χ1) is 13.7. The number of rotatable bonds is 5. The van der Waals surface area contributed by atoms with E-state index in [1.807, 2.05) is 42.5 Å². The monoisotopic (exact) mass is 376 g/mol. The van der Waals surface area contributed by atoms with Gasteiger partial charge in [-0.15, -0.1) is 0 Å². The normalized spacial score (nSPS) is 15.4. The Labute approximate surface area is 164 Å². The van der Waals surface area contributed by atoms with Gasteiger partial charge in [0.15, 0.2) is 0 Å². The lowest BCUT2D eigenvalue weighted by Crippen LogP contribution is -2.37. The maximum atomic E-state index is 12.8. The fraction of sp³-hybridized carbons (Fsp3) is 0.318. The SMILES string of the molecule is CC(CNC(=O)c1nc(N2CCOCC2)c2ccccc2n1)c1ccccc1. The number of hydrogen-bond acceptors (Lipinski definition) is 5. The fourth-order valence-corrected chi connectivity index (χ4v) is 3.40. The third-order valence-electron chi connectivity index (χ3n) is 5.03. The molecule has 2 heterocycles. The van der Waals surface area contributed by atoms with Crippen LogP contribution in [0.5, 0.6) is 0 Å². The number of carbonyl (C=O) groups excluding carboxylic acids is 1. The van der Waals surface area contributed by atoms with Gasteiger partial charge in [-0.05, 0) is 23.6 Å². The molecule has 1 saturated heterocycles. The molecule has 3 aromatic rings. The van der Waals surface area contributed by atoms with Crippen LogP contribution in [0.15, 0.2) is 54.6 Å². The van der Waals surface area contributed by atoms with E-state index in [2.05, 4.69) is 39.2 Å². The Balaban J connectivity index is 1.56. The van der Waals surface area contributed by atoms with Crippen molar-refractivity contribution < 1.29 is 9.53 Å². The fourth-order valence-electron chi connectivity index (χ4n) is 3.40. The number of amides is 1. The van der Waals surface area contributed by atoms with Gasteiger partial charge in [-0.1, -0.05) is 49.4 Å². The summed E-state index contributed by atoms with van der Waals surface area (Å²) in [7, 11) is 0. The number of para-hydroxylation sites is 1. The van der Waals surface area contributed by atoms with Crippen molar-refractivity contribution in [1.82, 2.24) is 15.3 Å². The average Bonchev–Trinajstić information content (AvgIpc) is 2.77. The van der Waals surface area contributed by atoms with Gasteiger partial charge in [0.2, 0.25) is 5.82 Å². The second kappa shape index (κ2) is 8.35. The van der Waals surface area contributed by atoms with Crippen molar-refractivity contribution in [3.05, 3.63) is 66.0 Å². The molecule has 1 fully saturated rings. The summed E-state index contributed by atoms with van der Waals surface area (Å²) in [5.74, 6) is 0.975. The molecule has 0 saturated carbocycles. The Morgan fingerprint density at radius 3 is 2.57 bits per heavy atom. The first-order valence-electron chi connectivity index (χ1n) is 9.65. The van der Waals surface area contributed by atoms with Gasteiger partial charge >= 0.3 is 0 Å². The molecule has 1 unspecified atom stereocenters. The van der Waals surface area contributed by atoms with E-state index in [0.29, 0.717) is 19.8 Å². The Kier molecular flexibility index (Phi) is 5.48. The van der Waals surface area contributed by atoms with Crippen molar-refractivity contribution in [2.75, 3.05) is 37.7 Å². The third kappa shape index (κ3) is 3.97. The molecule has 28 heavy (non-hydrogen) atoms. The summed E-state index contributed by atoms with van der Waals surface area (Å²) in [4.78, 5) is 24.1. The van der Waals surface area contributed by atoms with Crippen molar-refractivity contribution in [3.8, 4) is 0 Å². The number of ether oxygens (including phenoxy) is 1. The van der Waals surface area contributed by atoms with Crippen molar-refractivity contribution in [2.45, 2.75) is 12.8 Å². The number of nitrogens with one attached hydrogen (secondary N) is 1. The molecule has 1 atom stereocenters. The summed E-state index contributed by atoms with van der Waals surface area (Å²) in [5, 5.41) is 3.94. The molecule has 0 spiro atoms. The van der Waals surface area contributed by atoms with E-state index >= 15 is 0 Å². The second-order valence-electron chi connectivity index (χ2n) is 7.01. The number of nitrogens with zero attached hydrogens (tertiary/aromatic N) is 3. The maximum Gasteiger partial charge on any atom is 0.289 e. The zero-order valence-electron chi connectivity index (χ0n) is 16.0. The molecular formula is C22H24N4O2. The molecule has 144 valence electrons. The first kappa shape index (κ1) is 18.4. The third-order valence-corrected chi connectivity index (χ3v) is 5.03. The Morgan fingerprint density at radius 1 is 1.07 bits per heavy atom. The minimum Gasteiger partial charge on any atom is -0.378 e. The number of aromatic nitrogens is 2. The van der Waals surface area contributed by atoms with Gasteiger partial charge < -0.3 is 15.0 Å². The quantitative estimate of drug-likeness (QED) is 0.741. The van der Waals surface area contributed by atoms with Crippen LogP contribution in [0.1, 0.15) is 29.0 Å². The molecule has 1 amide bonds. The molecule has 1 aliphatic rings. The van der Waals surface area contributed by atoms with Gasteiger partial charge in [0.1, 0.15) is 5.82 Å². The summed E-state index contributed by atoms with van der Waals surface area (Å²) in [6, 6.07) is 18.0. The predicted molar refractivity (Wildman–Crippen MR) is 110 cm³/mol. The number of fused-ring (bicyclic) bond motifs is 1. The molecule has 1 N–H and O–H groups in total. The van der Waals surface area contributed by atoms with Crippen molar-refractivity contribution in [2.24, 2.45) is 0 Å². The lowest BCUT2D eigenvalue weighted by molar-refractivity contribution is 0.0941. The zero-order valence-corrected chi connectivity index (χ0v) is 16.0. The predicted octanol–water partition coefficient (Wildman–Crippen LogP) is 3.00. The van der Waals surface area contributed by atoms with Crippen LogP contribution in [0, 0.1) is 0 Å². The van der Waals surface area contributed by atoms with Crippen LogP contribution in [0.2, 0.25) is 0 Å². The van der Waals surface area contributed by atoms with Gasteiger partial charge in [0.25, 0.3) is 5.91 Å². The number of benzene rings is 2. The molecule has 1 aromatic heterocycles. The summed E-state index contributed by atoms with van der Waals surface area (Å²) >= 11 is 0. The van der Waals surface area contributed by atoms with E-state index in [9.17, 15) is 4.79 Å². The first-order valence-corrected chi connectivity index (χ1v) is 9.65. The van der Waals surface area contributed by atoms with Gasteiger partial charge in [-0.2, -0.15) is 0 Å². The minimum atomic E-state index is -0.247. The molecule has 6 nitrogen and oxygen atoms in total. The maximum absolute atomic E-state index is 12.8. The molecular weight excluding hydrogens is 352 g/mol. The van der Waals surface area contributed by atoms with Crippen molar-refractivity contribution in [3.63, 3.8) is 0 Å². The molecule has 0 bridgehead atoms. The van der Waals surface area contributed by atoms with E-state index in [0.717, 1.165) is 29.8 Å². The van der Waals surface area contributed by atoms with Gasteiger partial charge in [-0.25, -0.2) is 9.97 Å². The van der Waals surface area contributed by atoms with E-state index in [1.165, 1.54) is 5.56 Å². The van der Waals surface area contributed by atoms with Crippen LogP contribution in [0.3, 0.4) is 0 Å². The Hall–Kier alpha value is -2.99. The van der Waals surface area contributed by atoms with Gasteiger partial charge in [-0.3, -0.25) is 4.79 Å². The van der Waals surface area contributed by atoms with Gasteiger partial charge in [0.05, 0.1) is 18.7 Å². The highest BCUT2D eigenvalue weighted by Crippen LogP contribution is 2.24. The smallest absolute Gasteiger partial charge is 0.289 e. The van der Waals surface area contributed by atoms with Crippen LogP contribution >= 0.6 is 0 Å². The average molecular weight is 376 g/mol.